The quantitative estimate of drug-likeness (QED) is 0.336. The first-order valence-electron chi connectivity index (χ1n) is 10.4. The number of aromatic nitrogens is 5. The smallest absolute Gasteiger partial charge is 0.182 e. The van der Waals surface area contributed by atoms with E-state index in [4.69, 9.17) is 15.0 Å². The van der Waals surface area contributed by atoms with Crippen LogP contribution in [0, 0.1) is 0 Å². The van der Waals surface area contributed by atoms with Crippen molar-refractivity contribution in [1.82, 2.24) is 24.9 Å². The van der Waals surface area contributed by atoms with E-state index in [1.807, 2.05) is 48.5 Å². The minimum Gasteiger partial charge on any atom is -0.253 e. The number of rotatable bonds is 3. The molecule has 150 valence electrons. The van der Waals surface area contributed by atoms with Crippen LogP contribution < -0.4 is 0 Å². The van der Waals surface area contributed by atoms with Gasteiger partial charge in [-0.25, -0.2) is 15.0 Å². The first-order valence-corrected chi connectivity index (χ1v) is 10.4. The Balaban J connectivity index is 1.67. The van der Waals surface area contributed by atoms with Gasteiger partial charge in [-0.05, 0) is 51.9 Å². The number of hydrogen-bond acceptors (Lipinski definition) is 5. The molecule has 0 N–H and O–H groups in total. The zero-order chi connectivity index (χ0) is 21.3. The molecule has 0 unspecified atom stereocenters. The SMILES string of the molecule is c1ccc(-c2nc(-c3ccccn3)nc(-c3cc4ccccc4c4ccccc34)n2)nc1. The summed E-state index contributed by atoms with van der Waals surface area (Å²) in [5.41, 5.74) is 2.34. The molecule has 0 aliphatic carbocycles. The Morgan fingerprint density at radius 1 is 0.438 bits per heavy atom. The predicted octanol–water partition coefficient (Wildman–Crippen LogP) is 5.97. The van der Waals surface area contributed by atoms with E-state index in [0.29, 0.717) is 28.9 Å². The molecule has 0 aliphatic rings. The highest BCUT2D eigenvalue weighted by Crippen LogP contribution is 2.34. The maximum absolute atomic E-state index is 4.84. The van der Waals surface area contributed by atoms with Gasteiger partial charge in [-0.3, -0.25) is 9.97 Å². The standard InChI is InChI=1S/C27H17N5/c1-2-10-19-18(9-1)17-22(21-12-4-3-11-20(19)21)25-30-26(23-13-5-7-15-28-23)32-27(31-25)24-14-6-8-16-29-24/h1-17H. The van der Waals surface area contributed by atoms with Crippen LogP contribution in [0.3, 0.4) is 0 Å². The second kappa shape index (κ2) is 7.63. The molecule has 0 spiro atoms. The van der Waals surface area contributed by atoms with Crippen molar-refractivity contribution in [2.24, 2.45) is 0 Å². The molecule has 32 heavy (non-hydrogen) atoms. The Morgan fingerprint density at radius 3 is 1.59 bits per heavy atom. The molecule has 0 radical (unpaired) electrons. The highest BCUT2D eigenvalue weighted by atomic mass is 15.1. The lowest BCUT2D eigenvalue weighted by molar-refractivity contribution is 1.05. The summed E-state index contributed by atoms with van der Waals surface area (Å²) in [5, 5.41) is 4.60. The van der Waals surface area contributed by atoms with E-state index < -0.39 is 0 Å². The normalized spacial score (nSPS) is 11.1. The molecule has 5 nitrogen and oxygen atoms in total. The van der Waals surface area contributed by atoms with Gasteiger partial charge in [0.2, 0.25) is 0 Å². The van der Waals surface area contributed by atoms with E-state index >= 15 is 0 Å². The van der Waals surface area contributed by atoms with Crippen LogP contribution in [-0.4, -0.2) is 24.9 Å². The van der Waals surface area contributed by atoms with Gasteiger partial charge >= 0.3 is 0 Å². The first kappa shape index (κ1) is 18.3. The van der Waals surface area contributed by atoms with E-state index in [1.54, 1.807) is 12.4 Å². The molecule has 0 amide bonds. The maximum atomic E-state index is 4.84. The van der Waals surface area contributed by atoms with Crippen LogP contribution in [0.25, 0.3) is 56.0 Å². The number of fused-ring (bicyclic) bond motifs is 3. The highest BCUT2D eigenvalue weighted by Gasteiger charge is 2.16. The maximum Gasteiger partial charge on any atom is 0.182 e. The van der Waals surface area contributed by atoms with Crippen molar-refractivity contribution in [3.05, 3.63) is 103 Å². The second-order valence-electron chi connectivity index (χ2n) is 7.43. The van der Waals surface area contributed by atoms with Crippen LogP contribution >= 0.6 is 0 Å². The predicted molar refractivity (Wildman–Crippen MR) is 127 cm³/mol. The molecule has 3 aromatic carbocycles. The van der Waals surface area contributed by atoms with Crippen molar-refractivity contribution in [2.75, 3.05) is 0 Å². The molecule has 0 bridgehead atoms. The summed E-state index contributed by atoms with van der Waals surface area (Å²) in [7, 11) is 0. The topological polar surface area (TPSA) is 64.5 Å². The monoisotopic (exact) mass is 411 g/mol. The van der Waals surface area contributed by atoms with Crippen LogP contribution in [0.5, 0.6) is 0 Å². The molecule has 6 rings (SSSR count). The average molecular weight is 411 g/mol. The van der Waals surface area contributed by atoms with Crippen molar-refractivity contribution in [3.8, 4) is 34.4 Å². The van der Waals surface area contributed by atoms with Crippen molar-refractivity contribution >= 4 is 21.5 Å². The number of benzene rings is 3. The third-order valence-corrected chi connectivity index (χ3v) is 5.43. The highest BCUT2D eigenvalue weighted by molar-refractivity contribution is 6.13. The van der Waals surface area contributed by atoms with Gasteiger partial charge in [0.15, 0.2) is 17.5 Å². The molecule has 6 aromatic rings. The lowest BCUT2D eigenvalue weighted by atomic mass is 9.97. The molecule has 5 heteroatoms. The van der Waals surface area contributed by atoms with E-state index in [1.165, 1.54) is 10.8 Å². The second-order valence-corrected chi connectivity index (χ2v) is 7.43. The molecule has 3 aromatic heterocycles. The van der Waals surface area contributed by atoms with Gasteiger partial charge in [0.25, 0.3) is 0 Å². The summed E-state index contributed by atoms with van der Waals surface area (Å²) >= 11 is 0. The van der Waals surface area contributed by atoms with Gasteiger partial charge in [-0.2, -0.15) is 0 Å². The zero-order valence-corrected chi connectivity index (χ0v) is 17.1. The summed E-state index contributed by atoms with van der Waals surface area (Å²) in [5.74, 6) is 1.64. The third-order valence-electron chi connectivity index (χ3n) is 5.43. The molecule has 0 atom stereocenters. The van der Waals surface area contributed by atoms with Gasteiger partial charge in [-0.1, -0.05) is 60.7 Å². The van der Waals surface area contributed by atoms with Crippen molar-refractivity contribution in [2.45, 2.75) is 0 Å². The van der Waals surface area contributed by atoms with Gasteiger partial charge < -0.3 is 0 Å². The van der Waals surface area contributed by atoms with E-state index in [-0.39, 0.29) is 0 Å². The lowest BCUT2D eigenvalue weighted by Gasteiger charge is -2.12. The van der Waals surface area contributed by atoms with Crippen LogP contribution in [-0.2, 0) is 0 Å². The van der Waals surface area contributed by atoms with Crippen molar-refractivity contribution in [1.29, 1.82) is 0 Å². The van der Waals surface area contributed by atoms with Crippen LogP contribution in [0.1, 0.15) is 0 Å². The third kappa shape index (κ3) is 3.17. The first-order chi connectivity index (χ1) is 15.9. The van der Waals surface area contributed by atoms with Crippen molar-refractivity contribution in [3.63, 3.8) is 0 Å². The van der Waals surface area contributed by atoms with Crippen LogP contribution in [0.4, 0.5) is 0 Å². The van der Waals surface area contributed by atoms with Crippen LogP contribution in [0.2, 0.25) is 0 Å². The molecule has 0 fully saturated rings. The summed E-state index contributed by atoms with van der Waals surface area (Å²) in [4.78, 5) is 23.3. The Morgan fingerprint density at radius 2 is 0.969 bits per heavy atom. The Hall–Kier alpha value is -4.51. The fourth-order valence-electron chi connectivity index (χ4n) is 3.95. The molecular formula is C27H17N5. The molecule has 0 saturated carbocycles. The van der Waals surface area contributed by atoms with Crippen LogP contribution in [0.15, 0.2) is 103 Å². The number of pyridine rings is 2. The zero-order valence-electron chi connectivity index (χ0n) is 17.1. The summed E-state index contributed by atoms with van der Waals surface area (Å²) in [6, 6.07) is 30.3. The van der Waals surface area contributed by atoms with Crippen molar-refractivity contribution < 1.29 is 0 Å². The Labute approximate surface area is 184 Å². The molecule has 3 heterocycles. The summed E-state index contributed by atoms with van der Waals surface area (Å²) in [6.07, 6.45) is 3.48. The Bertz CT molecular complexity index is 1510. The summed E-state index contributed by atoms with van der Waals surface area (Å²) in [6.45, 7) is 0. The van der Waals surface area contributed by atoms with E-state index in [9.17, 15) is 0 Å². The van der Waals surface area contributed by atoms with Gasteiger partial charge in [0.05, 0.1) is 0 Å². The average Bonchev–Trinajstić information content (AvgIpc) is 2.89. The molecule has 0 aliphatic heterocycles. The minimum absolute atomic E-state index is 0.522. The Kier molecular flexibility index (Phi) is 4.36. The summed E-state index contributed by atoms with van der Waals surface area (Å²) < 4.78 is 0. The van der Waals surface area contributed by atoms with Gasteiger partial charge in [0, 0.05) is 18.0 Å². The van der Waals surface area contributed by atoms with E-state index in [2.05, 4.69) is 52.4 Å². The molecular weight excluding hydrogens is 394 g/mol. The molecule has 0 saturated heterocycles. The fraction of sp³-hybridized carbons (Fsp3) is 0. The van der Waals surface area contributed by atoms with Gasteiger partial charge in [-0.15, -0.1) is 0 Å². The largest absolute Gasteiger partial charge is 0.253 e. The number of nitrogens with zero attached hydrogens (tertiary/aromatic N) is 5. The number of hydrogen-bond donors (Lipinski definition) is 0. The van der Waals surface area contributed by atoms with E-state index in [0.717, 1.165) is 16.3 Å². The lowest BCUT2D eigenvalue weighted by Crippen LogP contribution is -2.02. The van der Waals surface area contributed by atoms with Gasteiger partial charge in [0.1, 0.15) is 11.4 Å². The minimum atomic E-state index is 0.522. The fourth-order valence-corrected chi connectivity index (χ4v) is 3.95.